The monoisotopic (exact) mass is 485 g/mol. The first-order valence-corrected chi connectivity index (χ1v) is 12.4. The van der Waals surface area contributed by atoms with E-state index in [1.54, 1.807) is 17.1 Å². The second-order valence-electron chi connectivity index (χ2n) is 10.4. The molecular weight excluding hydrogens is 454 g/mol. The Kier molecular flexibility index (Phi) is 6.38. The number of aromatic nitrogens is 6. The predicted molar refractivity (Wildman–Crippen MR) is 136 cm³/mol. The van der Waals surface area contributed by atoms with Gasteiger partial charge in [-0.2, -0.15) is 5.10 Å². The second kappa shape index (κ2) is 9.64. The maximum atomic E-state index is 13.0. The van der Waals surface area contributed by atoms with Crippen LogP contribution in [0.25, 0.3) is 11.3 Å². The third kappa shape index (κ3) is 5.19. The zero-order valence-electron chi connectivity index (χ0n) is 21.2. The summed E-state index contributed by atoms with van der Waals surface area (Å²) in [4.78, 5) is 22.1. The average Bonchev–Trinajstić information content (AvgIpc) is 3.46. The van der Waals surface area contributed by atoms with Crippen molar-refractivity contribution in [3.63, 3.8) is 0 Å². The number of Topliss-reactive ketones (excluding diaryl/α,β-unsaturated/α-hetero) is 1. The molecule has 0 unspecified atom stereocenters. The highest BCUT2D eigenvalue weighted by Gasteiger charge is 2.27. The molecule has 5 rings (SSSR count). The zero-order valence-corrected chi connectivity index (χ0v) is 21.2. The van der Waals surface area contributed by atoms with Gasteiger partial charge in [-0.25, -0.2) is 9.97 Å². The Morgan fingerprint density at radius 3 is 2.81 bits per heavy atom. The van der Waals surface area contributed by atoms with E-state index >= 15 is 0 Å². The Hall–Kier alpha value is -3.88. The van der Waals surface area contributed by atoms with Crippen molar-refractivity contribution in [1.82, 2.24) is 29.9 Å². The number of hydrogen-bond acceptors (Lipinski definition) is 8. The van der Waals surface area contributed by atoms with Crippen LogP contribution in [0.3, 0.4) is 0 Å². The third-order valence-corrected chi connectivity index (χ3v) is 6.48. The minimum atomic E-state index is -0.286. The SMILES string of the molecule is Cn1cc(Nc2nccc(-c3ccc4c(c3)CCCC[C@@H]4CC(=O)c3nnc(C(C)(C)C)o3)n2)cn1. The van der Waals surface area contributed by atoms with E-state index in [4.69, 9.17) is 9.40 Å². The largest absolute Gasteiger partial charge is 0.418 e. The molecule has 0 bridgehead atoms. The van der Waals surface area contributed by atoms with Crippen molar-refractivity contribution in [2.45, 2.75) is 64.2 Å². The van der Waals surface area contributed by atoms with Crippen LogP contribution in [0.4, 0.5) is 11.6 Å². The van der Waals surface area contributed by atoms with Gasteiger partial charge in [-0.15, -0.1) is 10.2 Å². The Morgan fingerprint density at radius 1 is 1.19 bits per heavy atom. The van der Waals surface area contributed by atoms with E-state index in [-0.39, 0.29) is 23.0 Å². The molecule has 1 atom stereocenters. The van der Waals surface area contributed by atoms with E-state index in [1.165, 1.54) is 11.1 Å². The number of carbonyl (C=O) groups is 1. The van der Waals surface area contributed by atoms with Crippen molar-refractivity contribution < 1.29 is 9.21 Å². The summed E-state index contributed by atoms with van der Waals surface area (Å²) in [7, 11) is 1.87. The number of nitrogens with one attached hydrogen (secondary N) is 1. The summed E-state index contributed by atoms with van der Waals surface area (Å²) >= 11 is 0. The van der Waals surface area contributed by atoms with E-state index < -0.39 is 0 Å². The molecule has 3 heterocycles. The van der Waals surface area contributed by atoms with E-state index in [2.05, 4.69) is 43.8 Å². The Balaban J connectivity index is 1.36. The summed E-state index contributed by atoms with van der Waals surface area (Å²) in [6.45, 7) is 5.97. The molecule has 186 valence electrons. The predicted octanol–water partition coefficient (Wildman–Crippen LogP) is 5.38. The molecular formula is C27H31N7O2. The van der Waals surface area contributed by atoms with Crippen LogP contribution in [-0.2, 0) is 18.9 Å². The molecule has 0 saturated heterocycles. The van der Waals surface area contributed by atoms with Gasteiger partial charge >= 0.3 is 0 Å². The number of hydrogen-bond donors (Lipinski definition) is 1. The fourth-order valence-corrected chi connectivity index (χ4v) is 4.60. The van der Waals surface area contributed by atoms with Crippen molar-refractivity contribution in [3.05, 3.63) is 65.8 Å². The van der Waals surface area contributed by atoms with Gasteiger partial charge in [0.05, 0.1) is 17.6 Å². The van der Waals surface area contributed by atoms with Crippen molar-refractivity contribution in [2.75, 3.05) is 5.32 Å². The van der Waals surface area contributed by atoms with Gasteiger partial charge in [0.25, 0.3) is 5.89 Å². The molecule has 0 amide bonds. The van der Waals surface area contributed by atoms with Crippen LogP contribution in [0, 0.1) is 0 Å². The minimum Gasteiger partial charge on any atom is -0.418 e. The Bertz CT molecular complexity index is 1380. The highest BCUT2D eigenvalue weighted by atomic mass is 16.4. The molecule has 1 aliphatic rings. The topological polar surface area (TPSA) is 112 Å². The Morgan fingerprint density at radius 2 is 2.06 bits per heavy atom. The van der Waals surface area contributed by atoms with Gasteiger partial charge in [-0.1, -0.05) is 39.3 Å². The Labute approximate surface area is 210 Å². The third-order valence-electron chi connectivity index (χ3n) is 6.48. The van der Waals surface area contributed by atoms with Crippen molar-refractivity contribution in [2.24, 2.45) is 7.05 Å². The lowest BCUT2D eigenvalue weighted by atomic mass is 9.87. The summed E-state index contributed by atoms with van der Waals surface area (Å²) in [5.41, 5.74) is 4.92. The van der Waals surface area contributed by atoms with Crippen LogP contribution < -0.4 is 5.32 Å². The van der Waals surface area contributed by atoms with Gasteiger partial charge in [-0.05, 0) is 48.4 Å². The molecule has 1 N–H and O–H groups in total. The van der Waals surface area contributed by atoms with Gasteiger partial charge in [0, 0.05) is 36.8 Å². The van der Waals surface area contributed by atoms with Crippen LogP contribution in [0.5, 0.6) is 0 Å². The molecule has 0 fully saturated rings. The van der Waals surface area contributed by atoms with Gasteiger partial charge in [0.15, 0.2) is 0 Å². The number of rotatable bonds is 6. The van der Waals surface area contributed by atoms with E-state index in [1.807, 2.05) is 40.1 Å². The van der Waals surface area contributed by atoms with Gasteiger partial charge in [0.2, 0.25) is 17.6 Å². The number of anilines is 2. The molecule has 9 heteroatoms. The number of aryl methyl sites for hydroxylation is 2. The maximum Gasteiger partial charge on any atom is 0.284 e. The highest BCUT2D eigenvalue weighted by Crippen LogP contribution is 2.36. The van der Waals surface area contributed by atoms with Gasteiger partial charge in [-0.3, -0.25) is 9.48 Å². The van der Waals surface area contributed by atoms with Crippen LogP contribution >= 0.6 is 0 Å². The van der Waals surface area contributed by atoms with E-state index in [9.17, 15) is 4.79 Å². The summed E-state index contributed by atoms with van der Waals surface area (Å²) in [5.74, 6) is 1.15. The van der Waals surface area contributed by atoms with Crippen LogP contribution in [0.15, 0.2) is 47.3 Å². The van der Waals surface area contributed by atoms with Crippen molar-refractivity contribution in [1.29, 1.82) is 0 Å². The van der Waals surface area contributed by atoms with E-state index in [0.29, 0.717) is 18.3 Å². The highest BCUT2D eigenvalue weighted by molar-refractivity contribution is 5.92. The molecule has 0 aliphatic heterocycles. The quantitative estimate of drug-likeness (QED) is 0.286. The fraction of sp³-hybridized carbons (Fsp3) is 0.407. The van der Waals surface area contributed by atoms with Crippen molar-refractivity contribution in [3.8, 4) is 11.3 Å². The summed E-state index contributed by atoms with van der Waals surface area (Å²) in [6, 6.07) is 8.36. The lowest BCUT2D eigenvalue weighted by Crippen LogP contribution is -2.11. The first-order chi connectivity index (χ1) is 17.3. The molecule has 36 heavy (non-hydrogen) atoms. The molecule has 1 aromatic carbocycles. The first-order valence-electron chi connectivity index (χ1n) is 12.4. The van der Waals surface area contributed by atoms with Crippen LogP contribution in [0.1, 0.15) is 80.1 Å². The standard InChI is InChI=1S/C27H31N7O2/c1-27(2,3)25-33-32-24(36-25)23(35)14-18-8-6-5-7-17-13-19(9-10-21(17)18)22-11-12-28-26(31-22)30-20-15-29-34(4)16-20/h9-13,15-16,18H,5-8,14H2,1-4H3,(H,28,30,31)/t18-/m1/s1. The maximum absolute atomic E-state index is 13.0. The number of benzene rings is 1. The molecule has 1 aliphatic carbocycles. The lowest BCUT2D eigenvalue weighted by Gasteiger charge is -2.17. The molecule has 3 aromatic heterocycles. The zero-order chi connectivity index (χ0) is 25.3. The minimum absolute atomic E-state index is 0.0955. The number of carbonyl (C=O) groups excluding carboxylic acids is 1. The average molecular weight is 486 g/mol. The lowest BCUT2D eigenvalue weighted by molar-refractivity contribution is 0.0935. The van der Waals surface area contributed by atoms with E-state index in [0.717, 1.165) is 42.6 Å². The van der Waals surface area contributed by atoms with Gasteiger partial charge < -0.3 is 9.73 Å². The summed E-state index contributed by atoms with van der Waals surface area (Å²) in [5, 5.41) is 15.5. The van der Waals surface area contributed by atoms with Crippen LogP contribution in [-0.4, -0.2) is 35.7 Å². The normalized spacial score (nSPS) is 15.8. The number of fused-ring (bicyclic) bond motifs is 1. The number of nitrogens with zero attached hydrogens (tertiary/aromatic N) is 6. The molecule has 0 saturated carbocycles. The second-order valence-corrected chi connectivity index (χ2v) is 10.4. The number of ketones is 1. The fourth-order valence-electron chi connectivity index (χ4n) is 4.60. The van der Waals surface area contributed by atoms with Crippen molar-refractivity contribution >= 4 is 17.4 Å². The molecule has 4 aromatic rings. The summed E-state index contributed by atoms with van der Waals surface area (Å²) in [6.07, 6.45) is 9.84. The smallest absolute Gasteiger partial charge is 0.284 e. The first kappa shape index (κ1) is 23.8. The summed E-state index contributed by atoms with van der Waals surface area (Å²) < 4.78 is 7.43. The van der Waals surface area contributed by atoms with Gasteiger partial charge in [0.1, 0.15) is 0 Å². The molecule has 0 radical (unpaired) electrons. The molecule has 9 nitrogen and oxygen atoms in total. The van der Waals surface area contributed by atoms with Crippen LogP contribution in [0.2, 0.25) is 0 Å². The molecule has 0 spiro atoms.